The summed E-state index contributed by atoms with van der Waals surface area (Å²) in [5.41, 5.74) is 1.08. The van der Waals surface area contributed by atoms with Crippen molar-refractivity contribution >= 4 is 39.1 Å². The Kier molecular flexibility index (Phi) is 6.84. The van der Waals surface area contributed by atoms with Gasteiger partial charge in [-0.3, -0.25) is 4.79 Å². The number of nitrogens with one attached hydrogen (secondary N) is 2. The number of sulfonamides is 1. The van der Waals surface area contributed by atoms with Crippen LogP contribution in [0.3, 0.4) is 0 Å². The number of benzene rings is 2. The molecule has 0 fully saturated rings. The van der Waals surface area contributed by atoms with Crippen molar-refractivity contribution < 1.29 is 13.2 Å². The molecule has 25 heavy (non-hydrogen) atoms. The summed E-state index contributed by atoms with van der Waals surface area (Å²) >= 11 is 11.7. The van der Waals surface area contributed by atoms with Gasteiger partial charge in [-0.05, 0) is 37.1 Å². The molecule has 5 nitrogen and oxygen atoms in total. The number of halogens is 2. The Morgan fingerprint density at radius 2 is 1.80 bits per heavy atom. The minimum absolute atomic E-state index is 0.0357. The second kappa shape index (κ2) is 8.67. The summed E-state index contributed by atoms with van der Waals surface area (Å²) in [6.07, 6.45) is 0.659. The van der Waals surface area contributed by atoms with Gasteiger partial charge in [0.2, 0.25) is 15.9 Å². The third-order valence-corrected chi connectivity index (χ3v) is 5.72. The van der Waals surface area contributed by atoms with Crippen LogP contribution in [0.5, 0.6) is 0 Å². The normalized spacial score (nSPS) is 12.6. The maximum Gasteiger partial charge on any atom is 0.242 e. The molecule has 0 aliphatic carbocycles. The summed E-state index contributed by atoms with van der Waals surface area (Å²) in [4.78, 5) is 11.9. The summed E-state index contributed by atoms with van der Waals surface area (Å²) in [5.74, 6) is -0.419. The molecule has 2 N–H and O–H groups in total. The number of hydrogen-bond acceptors (Lipinski definition) is 3. The molecule has 8 heteroatoms. The summed E-state index contributed by atoms with van der Waals surface area (Å²) < 4.78 is 27.1. The molecule has 0 spiro atoms. The van der Waals surface area contributed by atoms with Crippen LogP contribution in [0.2, 0.25) is 10.0 Å². The van der Waals surface area contributed by atoms with Crippen molar-refractivity contribution in [1.82, 2.24) is 10.0 Å². The summed E-state index contributed by atoms with van der Waals surface area (Å²) in [6.45, 7) is 1.88. The van der Waals surface area contributed by atoms with Gasteiger partial charge >= 0.3 is 0 Å². The van der Waals surface area contributed by atoms with Crippen molar-refractivity contribution in [2.75, 3.05) is 6.54 Å². The third kappa shape index (κ3) is 5.71. The molecule has 0 radical (unpaired) electrons. The van der Waals surface area contributed by atoms with Crippen LogP contribution in [0.25, 0.3) is 0 Å². The molecule has 134 valence electrons. The van der Waals surface area contributed by atoms with Gasteiger partial charge < -0.3 is 5.32 Å². The quantitative estimate of drug-likeness (QED) is 0.749. The SMILES string of the molecule is CC(NS(=O)(=O)c1cc(Cl)ccc1Cl)C(=O)NCCc1ccccc1. The fourth-order valence-electron chi connectivity index (χ4n) is 2.16. The molecular formula is C17H18Cl2N2O3S. The van der Waals surface area contributed by atoms with Gasteiger partial charge in [-0.1, -0.05) is 53.5 Å². The molecule has 0 saturated carbocycles. The van der Waals surface area contributed by atoms with Crippen molar-refractivity contribution in [3.63, 3.8) is 0 Å². The van der Waals surface area contributed by atoms with Crippen molar-refractivity contribution in [3.8, 4) is 0 Å². The minimum atomic E-state index is -3.96. The lowest BCUT2D eigenvalue weighted by atomic mass is 10.1. The number of hydrogen-bond donors (Lipinski definition) is 2. The van der Waals surface area contributed by atoms with E-state index in [1.165, 1.54) is 25.1 Å². The Bertz CT molecular complexity index is 842. The number of carbonyl (C=O) groups is 1. The number of amides is 1. The first-order chi connectivity index (χ1) is 11.8. The second-order valence-corrected chi connectivity index (χ2v) is 7.97. The van der Waals surface area contributed by atoms with E-state index < -0.39 is 22.0 Å². The molecule has 0 bridgehead atoms. The van der Waals surface area contributed by atoms with Crippen molar-refractivity contribution in [2.45, 2.75) is 24.3 Å². The van der Waals surface area contributed by atoms with E-state index in [4.69, 9.17) is 23.2 Å². The van der Waals surface area contributed by atoms with Crippen LogP contribution in [0.4, 0.5) is 0 Å². The maximum absolute atomic E-state index is 12.4. The summed E-state index contributed by atoms with van der Waals surface area (Å²) in [7, 11) is -3.96. The Hall–Kier alpha value is -1.60. The van der Waals surface area contributed by atoms with Crippen LogP contribution >= 0.6 is 23.2 Å². The average Bonchev–Trinajstić information content (AvgIpc) is 2.57. The van der Waals surface area contributed by atoms with Crippen LogP contribution in [0, 0.1) is 0 Å². The van der Waals surface area contributed by atoms with Crippen LogP contribution in [0.1, 0.15) is 12.5 Å². The fourth-order valence-corrected chi connectivity index (χ4v) is 4.13. The van der Waals surface area contributed by atoms with E-state index in [1.54, 1.807) is 0 Å². The lowest BCUT2D eigenvalue weighted by molar-refractivity contribution is -0.122. The lowest BCUT2D eigenvalue weighted by Crippen LogP contribution is -2.45. The largest absolute Gasteiger partial charge is 0.354 e. The fraction of sp³-hybridized carbons (Fsp3) is 0.235. The topological polar surface area (TPSA) is 75.3 Å². The van der Waals surface area contributed by atoms with E-state index in [-0.39, 0.29) is 14.9 Å². The highest BCUT2D eigenvalue weighted by molar-refractivity contribution is 7.89. The predicted molar refractivity (Wildman–Crippen MR) is 99.4 cm³/mol. The molecule has 0 aliphatic rings. The molecule has 2 rings (SSSR count). The molecule has 2 aromatic rings. The van der Waals surface area contributed by atoms with Crippen molar-refractivity contribution in [1.29, 1.82) is 0 Å². The molecule has 1 amide bonds. The summed E-state index contributed by atoms with van der Waals surface area (Å²) in [6, 6.07) is 12.8. The van der Waals surface area contributed by atoms with E-state index in [0.29, 0.717) is 13.0 Å². The molecule has 0 aliphatic heterocycles. The van der Waals surface area contributed by atoms with E-state index in [2.05, 4.69) is 10.0 Å². The first-order valence-corrected chi connectivity index (χ1v) is 9.82. The molecule has 2 aromatic carbocycles. The lowest BCUT2D eigenvalue weighted by Gasteiger charge is -2.15. The molecule has 0 saturated heterocycles. The Balaban J connectivity index is 1.94. The van der Waals surface area contributed by atoms with Gasteiger partial charge in [-0.15, -0.1) is 0 Å². The van der Waals surface area contributed by atoms with E-state index >= 15 is 0 Å². The van der Waals surface area contributed by atoms with Crippen LogP contribution in [-0.4, -0.2) is 26.9 Å². The Morgan fingerprint density at radius 3 is 2.48 bits per heavy atom. The van der Waals surface area contributed by atoms with Gasteiger partial charge in [-0.25, -0.2) is 8.42 Å². The van der Waals surface area contributed by atoms with Gasteiger partial charge in [-0.2, -0.15) is 4.72 Å². The van der Waals surface area contributed by atoms with Crippen LogP contribution in [-0.2, 0) is 21.2 Å². The van der Waals surface area contributed by atoms with E-state index in [1.807, 2.05) is 30.3 Å². The van der Waals surface area contributed by atoms with Crippen molar-refractivity contribution in [2.24, 2.45) is 0 Å². The Labute approximate surface area is 157 Å². The predicted octanol–water partition coefficient (Wildman–Crippen LogP) is 3.02. The molecule has 1 unspecified atom stereocenters. The van der Waals surface area contributed by atoms with Crippen LogP contribution < -0.4 is 10.0 Å². The molecule has 0 heterocycles. The monoisotopic (exact) mass is 400 g/mol. The number of carbonyl (C=O) groups excluding carboxylic acids is 1. The van der Waals surface area contributed by atoms with Gasteiger partial charge in [0, 0.05) is 11.6 Å². The smallest absolute Gasteiger partial charge is 0.242 e. The molecule has 0 aromatic heterocycles. The molecule has 1 atom stereocenters. The van der Waals surface area contributed by atoms with E-state index in [0.717, 1.165) is 5.56 Å². The zero-order valence-corrected chi connectivity index (χ0v) is 15.8. The third-order valence-electron chi connectivity index (χ3n) is 3.46. The first-order valence-electron chi connectivity index (χ1n) is 7.58. The first kappa shape index (κ1) is 19.7. The highest BCUT2D eigenvalue weighted by Gasteiger charge is 2.24. The van der Waals surface area contributed by atoms with Gasteiger partial charge in [0.15, 0.2) is 0 Å². The van der Waals surface area contributed by atoms with Crippen LogP contribution in [0.15, 0.2) is 53.4 Å². The highest BCUT2D eigenvalue weighted by atomic mass is 35.5. The van der Waals surface area contributed by atoms with Gasteiger partial charge in [0.1, 0.15) is 4.90 Å². The van der Waals surface area contributed by atoms with Gasteiger partial charge in [0.05, 0.1) is 11.1 Å². The van der Waals surface area contributed by atoms with Crippen molar-refractivity contribution in [3.05, 3.63) is 64.1 Å². The van der Waals surface area contributed by atoms with E-state index in [9.17, 15) is 13.2 Å². The van der Waals surface area contributed by atoms with Gasteiger partial charge in [0.25, 0.3) is 0 Å². The minimum Gasteiger partial charge on any atom is -0.354 e. The standard InChI is InChI=1S/C17H18Cl2N2O3S/c1-12(17(22)20-10-9-13-5-3-2-4-6-13)21-25(23,24)16-11-14(18)7-8-15(16)19/h2-8,11-12,21H,9-10H2,1H3,(H,20,22). The second-order valence-electron chi connectivity index (χ2n) is 5.44. The maximum atomic E-state index is 12.4. The zero-order chi connectivity index (χ0) is 18.4. The Morgan fingerprint density at radius 1 is 1.12 bits per heavy atom. The zero-order valence-electron chi connectivity index (χ0n) is 13.5. The number of rotatable bonds is 7. The average molecular weight is 401 g/mol. The molecular weight excluding hydrogens is 383 g/mol. The summed E-state index contributed by atoms with van der Waals surface area (Å²) in [5, 5.41) is 2.98. The highest BCUT2D eigenvalue weighted by Crippen LogP contribution is 2.24.